The van der Waals surface area contributed by atoms with Crippen molar-refractivity contribution in [2.24, 2.45) is 5.16 Å². The summed E-state index contributed by atoms with van der Waals surface area (Å²) in [4.78, 5) is 17.3. The Bertz CT molecular complexity index is 1170. The number of methoxy groups -OCH3 is 1. The second-order valence-electron chi connectivity index (χ2n) is 8.13. The van der Waals surface area contributed by atoms with Crippen molar-refractivity contribution in [2.75, 3.05) is 13.7 Å². The van der Waals surface area contributed by atoms with Gasteiger partial charge in [0.1, 0.15) is 47.0 Å². The van der Waals surface area contributed by atoms with Gasteiger partial charge in [0.15, 0.2) is 0 Å². The summed E-state index contributed by atoms with van der Waals surface area (Å²) < 4.78 is 22.3. The summed E-state index contributed by atoms with van der Waals surface area (Å²) >= 11 is 0. The van der Waals surface area contributed by atoms with E-state index in [9.17, 15) is 20.1 Å². The summed E-state index contributed by atoms with van der Waals surface area (Å²) in [5.41, 5.74) is -1.57. The van der Waals surface area contributed by atoms with E-state index < -0.39 is 35.8 Å². The minimum absolute atomic E-state index is 0.0408. The number of aliphatic hydroxyl groups excluding tert-OH is 2. The van der Waals surface area contributed by atoms with Crippen LogP contribution in [0.1, 0.15) is 31.9 Å². The average molecular weight is 462 g/mol. The van der Waals surface area contributed by atoms with Gasteiger partial charge in [-0.2, -0.15) is 5.26 Å². The molecule has 3 rings (SSSR count). The van der Waals surface area contributed by atoms with Crippen LogP contribution in [-0.2, 0) is 14.3 Å². The molecule has 0 saturated carbocycles. The van der Waals surface area contributed by atoms with Gasteiger partial charge in [-0.25, -0.2) is 4.79 Å². The average Bonchev–Trinajstić information content (AvgIpc) is 2.74. The Labute approximate surface area is 189 Å². The van der Waals surface area contributed by atoms with E-state index in [-0.39, 0.29) is 40.4 Å². The molecular weight excluding hydrogens is 436 g/mol. The molecule has 0 spiro atoms. The Morgan fingerprint density at radius 3 is 2.64 bits per heavy atom. The molecule has 1 aromatic heterocycles. The van der Waals surface area contributed by atoms with Gasteiger partial charge in [-0.05, 0) is 39.8 Å². The maximum atomic E-state index is 12.6. The van der Waals surface area contributed by atoms with Crippen molar-refractivity contribution >= 4 is 16.7 Å². The number of aromatic hydroxyl groups is 1. The maximum Gasteiger partial charge on any atom is 0.349 e. The number of fused-ring (bicyclic) bond motifs is 1. The molecule has 1 aromatic carbocycles. The first-order valence-corrected chi connectivity index (χ1v) is 10.1. The van der Waals surface area contributed by atoms with Gasteiger partial charge in [-0.15, -0.1) is 0 Å². The highest BCUT2D eigenvalue weighted by atomic mass is 16.7. The fraction of sp³-hybridized carbons (Fsp3) is 0.500. The van der Waals surface area contributed by atoms with Crippen LogP contribution in [0.25, 0.3) is 11.0 Å². The number of ether oxygens (including phenoxy) is 3. The molecule has 33 heavy (non-hydrogen) atoms. The fourth-order valence-corrected chi connectivity index (χ4v) is 3.85. The fourth-order valence-electron chi connectivity index (χ4n) is 3.85. The van der Waals surface area contributed by atoms with Crippen LogP contribution in [0.4, 0.5) is 0 Å². The third-order valence-electron chi connectivity index (χ3n) is 5.48. The Morgan fingerprint density at radius 2 is 2.00 bits per heavy atom. The number of rotatable bonds is 6. The Morgan fingerprint density at radius 1 is 1.30 bits per heavy atom. The molecule has 1 fully saturated rings. The molecule has 11 nitrogen and oxygen atoms in total. The van der Waals surface area contributed by atoms with E-state index in [1.165, 1.54) is 26.2 Å². The van der Waals surface area contributed by atoms with Crippen LogP contribution in [0.3, 0.4) is 0 Å². The van der Waals surface area contributed by atoms with Crippen LogP contribution in [0.5, 0.6) is 11.5 Å². The lowest BCUT2D eigenvalue weighted by Gasteiger charge is -2.46. The molecule has 0 radical (unpaired) electrons. The van der Waals surface area contributed by atoms with E-state index in [0.717, 1.165) is 0 Å². The lowest BCUT2D eigenvalue weighted by Crippen LogP contribution is -2.63. The van der Waals surface area contributed by atoms with Crippen molar-refractivity contribution < 1.29 is 38.8 Å². The molecule has 1 aliphatic rings. The minimum atomic E-state index is -1.41. The van der Waals surface area contributed by atoms with Gasteiger partial charge in [-0.3, -0.25) is 0 Å². The number of aliphatic hydroxyl groups is 2. The molecule has 2 aromatic rings. The largest absolute Gasteiger partial charge is 0.506 e. The van der Waals surface area contributed by atoms with Gasteiger partial charge in [-0.1, -0.05) is 5.16 Å². The molecule has 1 aliphatic heterocycles. The van der Waals surface area contributed by atoms with Crippen LogP contribution in [0, 0.1) is 18.3 Å². The highest BCUT2D eigenvalue weighted by Gasteiger charge is 2.50. The number of nitrogens with zero attached hydrogens (tertiary/aromatic N) is 2. The molecule has 0 unspecified atom stereocenters. The lowest BCUT2D eigenvalue weighted by atomic mass is 9.89. The molecular formula is C22H26N2O9. The second-order valence-corrected chi connectivity index (χ2v) is 8.13. The summed E-state index contributed by atoms with van der Waals surface area (Å²) in [6.07, 6.45) is -4.68. The summed E-state index contributed by atoms with van der Waals surface area (Å²) in [6.45, 7) is 6.11. The van der Waals surface area contributed by atoms with E-state index in [4.69, 9.17) is 28.7 Å². The molecule has 11 heteroatoms. The van der Waals surface area contributed by atoms with E-state index in [2.05, 4.69) is 5.16 Å². The first kappa shape index (κ1) is 24.5. The van der Waals surface area contributed by atoms with Crippen molar-refractivity contribution in [2.45, 2.75) is 57.9 Å². The zero-order valence-electron chi connectivity index (χ0n) is 18.9. The van der Waals surface area contributed by atoms with Crippen LogP contribution in [-0.4, -0.2) is 65.0 Å². The molecule has 3 N–H and O–H groups in total. The van der Waals surface area contributed by atoms with Crippen molar-refractivity contribution in [3.63, 3.8) is 0 Å². The molecule has 0 bridgehead atoms. The van der Waals surface area contributed by atoms with Crippen LogP contribution >= 0.6 is 0 Å². The van der Waals surface area contributed by atoms with E-state index in [1.54, 1.807) is 26.8 Å². The predicted octanol–water partition coefficient (Wildman–Crippen LogP) is 1.32. The van der Waals surface area contributed by atoms with Crippen molar-refractivity contribution in [1.29, 1.82) is 5.26 Å². The summed E-state index contributed by atoms with van der Waals surface area (Å²) in [7, 11) is 1.41. The van der Waals surface area contributed by atoms with Crippen LogP contribution in [0.15, 0.2) is 26.5 Å². The van der Waals surface area contributed by atoms with E-state index in [0.29, 0.717) is 5.56 Å². The number of oxime groups is 1. The topological polar surface area (TPSA) is 164 Å². The van der Waals surface area contributed by atoms with E-state index >= 15 is 0 Å². The Kier molecular flexibility index (Phi) is 6.94. The van der Waals surface area contributed by atoms with Crippen LogP contribution in [0.2, 0.25) is 0 Å². The third kappa shape index (κ3) is 4.51. The molecule has 0 aliphatic carbocycles. The third-order valence-corrected chi connectivity index (χ3v) is 5.48. The first-order valence-electron chi connectivity index (χ1n) is 10.1. The molecule has 2 heterocycles. The zero-order valence-corrected chi connectivity index (χ0v) is 18.9. The van der Waals surface area contributed by atoms with Gasteiger partial charge >= 0.3 is 5.63 Å². The Balaban J connectivity index is 1.98. The summed E-state index contributed by atoms with van der Waals surface area (Å²) in [6, 6.07) is 4.72. The van der Waals surface area contributed by atoms with Crippen molar-refractivity contribution in [3.05, 3.63) is 33.7 Å². The summed E-state index contributed by atoms with van der Waals surface area (Å²) in [5, 5.41) is 44.0. The minimum Gasteiger partial charge on any atom is -0.506 e. The number of aryl methyl sites for hydroxylation is 1. The maximum absolute atomic E-state index is 12.6. The monoisotopic (exact) mass is 462 g/mol. The smallest absolute Gasteiger partial charge is 0.349 e. The second kappa shape index (κ2) is 9.36. The number of hydrogen-bond donors (Lipinski definition) is 3. The van der Waals surface area contributed by atoms with Gasteiger partial charge in [0, 0.05) is 12.7 Å². The number of nitriles is 1. The normalized spacial score (nSPS) is 25.0. The van der Waals surface area contributed by atoms with Crippen molar-refractivity contribution in [1.82, 2.24) is 0 Å². The predicted molar refractivity (Wildman–Crippen MR) is 115 cm³/mol. The highest BCUT2D eigenvalue weighted by molar-refractivity contribution is 6.04. The molecule has 4 atom stereocenters. The van der Waals surface area contributed by atoms with Gasteiger partial charge in [0.25, 0.3) is 0 Å². The van der Waals surface area contributed by atoms with Gasteiger partial charge in [0.2, 0.25) is 12.9 Å². The van der Waals surface area contributed by atoms with E-state index in [1.807, 2.05) is 0 Å². The lowest BCUT2D eigenvalue weighted by molar-refractivity contribution is -0.306. The Hall–Kier alpha value is -3.17. The first-order chi connectivity index (χ1) is 15.5. The van der Waals surface area contributed by atoms with Gasteiger partial charge in [0.05, 0.1) is 16.7 Å². The summed E-state index contributed by atoms with van der Waals surface area (Å²) in [5.74, 6) is -0.158. The number of benzene rings is 1. The van der Waals surface area contributed by atoms with Gasteiger partial charge < -0.3 is 38.8 Å². The molecule has 1 saturated heterocycles. The van der Waals surface area contributed by atoms with Crippen LogP contribution < -0.4 is 10.4 Å². The number of hydrogen-bond acceptors (Lipinski definition) is 11. The zero-order chi connectivity index (χ0) is 24.5. The van der Waals surface area contributed by atoms with Crippen molar-refractivity contribution in [3.8, 4) is 17.6 Å². The quantitative estimate of drug-likeness (QED) is 0.247. The SMILES string of the molecule is CO[C@@H]1[C@H](O)[C@@H](O)[C@H](Oc2ccc3c(O)c(C(C)=NOCC#N)c(=O)oc3c2C)OC1(C)C. The molecule has 178 valence electrons. The molecule has 0 amide bonds. The highest BCUT2D eigenvalue weighted by Crippen LogP contribution is 2.36. The standard InChI is InChI=1S/C22H26N2O9/c1-10-13(31-21-17(27)16(26)19(29-5)22(3,4)33-21)7-6-12-15(25)14(20(28)32-18(10)12)11(2)24-30-9-8-23/h6-7,16-17,19,21,25-27H,9H2,1-5H3/t16-,17-,19-,21-/m1/s1.